The number of hydrogen-bond acceptors (Lipinski definition) is 3. The van der Waals surface area contributed by atoms with Crippen LogP contribution in [0.25, 0.3) is 0 Å². The summed E-state index contributed by atoms with van der Waals surface area (Å²) in [6.07, 6.45) is 0. The maximum absolute atomic E-state index is 11.9. The van der Waals surface area contributed by atoms with E-state index in [0.29, 0.717) is 5.69 Å². The molecule has 1 rings (SSSR count). The molecule has 88 valence electrons. The van der Waals surface area contributed by atoms with Gasteiger partial charge in [-0.3, -0.25) is 4.79 Å². The predicted octanol–water partition coefficient (Wildman–Crippen LogP) is 1.64. The van der Waals surface area contributed by atoms with Crippen LogP contribution in [0.2, 0.25) is 0 Å². The number of rotatable bonds is 3. The van der Waals surface area contributed by atoms with Gasteiger partial charge in [0.2, 0.25) is 5.91 Å². The average molecular weight is 222 g/mol. The molecule has 1 aromatic carbocycles. The van der Waals surface area contributed by atoms with E-state index < -0.39 is 5.54 Å². The molecule has 0 fully saturated rings. The lowest BCUT2D eigenvalue weighted by molar-refractivity contribution is -0.121. The van der Waals surface area contributed by atoms with Crippen molar-refractivity contribution in [2.24, 2.45) is 0 Å². The third-order valence-corrected chi connectivity index (χ3v) is 2.65. The summed E-state index contributed by atoms with van der Waals surface area (Å²) in [6, 6.07) is 4.85. The van der Waals surface area contributed by atoms with Crippen LogP contribution in [0.15, 0.2) is 18.2 Å². The van der Waals surface area contributed by atoms with Gasteiger partial charge in [-0.1, -0.05) is 0 Å². The molecule has 0 aliphatic carbocycles. The first-order valence-corrected chi connectivity index (χ1v) is 5.17. The van der Waals surface area contributed by atoms with Crippen molar-refractivity contribution in [1.29, 1.82) is 0 Å². The Labute approximate surface area is 95.7 Å². The first kappa shape index (κ1) is 12.5. The van der Waals surface area contributed by atoms with Gasteiger partial charge >= 0.3 is 0 Å². The van der Waals surface area contributed by atoms with Crippen molar-refractivity contribution < 1.29 is 9.90 Å². The minimum Gasteiger partial charge on any atom is -0.508 e. The van der Waals surface area contributed by atoms with E-state index in [9.17, 15) is 9.90 Å². The molecule has 0 radical (unpaired) electrons. The van der Waals surface area contributed by atoms with Crippen molar-refractivity contribution in [2.75, 3.05) is 12.4 Å². The molecule has 1 amide bonds. The smallest absolute Gasteiger partial charge is 0.244 e. The minimum absolute atomic E-state index is 0.108. The number of nitrogens with one attached hydrogen (secondary N) is 2. The molecule has 0 spiro atoms. The van der Waals surface area contributed by atoms with Crippen LogP contribution in [0.3, 0.4) is 0 Å². The Morgan fingerprint density at radius 3 is 2.50 bits per heavy atom. The molecule has 0 saturated heterocycles. The minimum atomic E-state index is -0.621. The molecule has 0 aromatic heterocycles. The molecule has 0 heterocycles. The molecule has 0 unspecified atom stereocenters. The number of benzene rings is 1. The summed E-state index contributed by atoms with van der Waals surface area (Å²) in [5, 5.41) is 15.0. The highest BCUT2D eigenvalue weighted by Gasteiger charge is 2.25. The number of hydrogen-bond donors (Lipinski definition) is 3. The molecule has 4 heteroatoms. The van der Waals surface area contributed by atoms with Crippen LogP contribution < -0.4 is 10.6 Å². The molecule has 0 aliphatic heterocycles. The number of aromatic hydroxyl groups is 1. The first-order chi connectivity index (χ1) is 7.36. The van der Waals surface area contributed by atoms with Gasteiger partial charge in [-0.25, -0.2) is 0 Å². The van der Waals surface area contributed by atoms with Crippen LogP contribution in [-0.4, -0.2) is 23.6 Å². The fourth-order valence-corrected chi connectivity index (χ4v) is 1.18. The summed E-state index contributed by atoms with van der Waals surface area (Å²) in [6.45, 7) is 5.44. The maximum atomic E-state index is 11.9. The monoisotopic (exact) mass is 222 g/mol. The van der Waals surface area contributed by atoms with Gasteiger partial charge in [0.05, 0.1) is 5.54 Å². The number of carbonyl (C=O) groups excluding carboxylic acids is 1. The summed E-state index contributed by atoms with van der Waals surface area (Å²) < 4.78 is 0. The van der Waals surface area contributed by atoms with Gasteiger partial charge in [0, 0.05) is 5.69 Å². The molecular weight excluding hydrogens is 204 g/mol. The number of carbonyl (C=O) groups is 1. The Hall–Kier alpha value is -1.55. The lowest BCUT2D eigenvalue weighted by Crippen LogP contribution is -2.47. The fourth-order valence-electron chi connectivity index (χ4n) is 1.18. The quantitative estimate of drug-likeness (QED) is 0.681. The van der Waals surface area contributed by atoms with Gasteiger partial charge in [0.1, 0.15) is 5.75 Å². The zero-order valence-corrected chi connectivity index (χ0v) is 10.1. The molecule has 1 aromatic rings. The van der Waals surface area contributed by atoms with E-state index in [4.69, 9.17) is 0 Å². The Morgan fingerprint density at radius 1 is 1.38 bits per heavy atom. The molecule has 0 atom stereocenters. The second-order valence-electron chi connectivity index (χ2n) is 4.33. The number of phenols is 1. The average Bonchev–Trinajstić information content (AvgIpc) is 2.22. The fraction of sp³-hybridized carbons (Fsp3) is 0.417. The van der Waals surface area contributed by atoms with Crippen molar-refractivity contribution in [2.45, 2.75) is 26.3 Å². The number of anilines is 1. The van der Waals surface area contributed by atoms with Crippen LogP contribution in [0.1, 0.15) is 19.4 Å². The Morgan fingerprint density at radius 2 is 2.00 bits per heavy atom. The number of amides is 1. The molecule has 3 N–H and O–H groups in total. The first-order valence-electron chi connectivity index (χ1n) is 5.17. The van der Waals surface area contributed by atoms with Crippen molar-refractivity contribution in [3.05, 3.63) is 23.8 Å². The zero-order valence-electron chi connectivity index (χ0n) is 10.1. The van der Waals surface area contributed by atoms with Crippen LogP contribution in [-0.2, 0) is 4.79 Å². The van der Waals surface area contributed by atoms with Gasteiger partial charge < -0.3 is 15.7 Å². The third kappa shape index (κ3) is 2.73. The summed E-state index contributed by atoms with van der Waals surface area (Å²) in [4.78, 5) is 11.9. The van der Waals surface area contributed by atoms with Crippen LogP contribution in [0.4, 0.5) is 5.69 Å². The molecule has 4 nitrogen and oxygen atoms in total. The number of aryl methyl sites for hydroxylation is 1. The lowest BCUT2D eigenvalue weighted by Gasteiger charge is -2.23. The Balaban J connectivity index is 2.85. The van der Waals surface area contributed by atoms with Gasteiger partial charge in [0.15, 0.2) is 0 Å². The number of phenolic OH excluding ortho intramolecular Hbond substituents is 1. The van der Waals surface area contributed by atoms with E-state index >= 15 is 0 Å². The highest BCUT2D eigenvalue weighted by Crippen LogP contribution is 2.21. The third-order valence-electron chi connectivity index (χ3n) is 2.65. The van der Waals surface area contributed by atoms with Gasteiger partial charge in [-0.15, -0.1) is 0 Å². The topological polar surface area (TPSA) is 61.4 Å². The van der Waals surface area contributed by atoms with Crippen molar-refractivity contribution >= 4 is 11.6 Å². The largest absolute Gasteiger partial charge is 0.508 e. The van der Waals surface area contributed by atoms with Crippen LogP contribution >= 0.6 is 0 Å². The van der Waals surface area contributed by atoms with E-state index in [0.717, 1.165) is 5.56 Å². The Bertz CT molecular complexity index is 400. The highest BCUT2D eigenvalue weighted by molar-refractivity contribution is 5.98. The van der Waals surface area contributed by atoms with E-state index in [1.165, 1.54) is 0 Å². The van der Waals surface area contributed by atoms with Crippen molar-refractivity contribution in [1.82, 2.24) is 5.32 Å². The SMILES string of the molecule is CNC(C)(C)C(=O)Nc1ccc(O)cc1C. The number of likely N-dealkylation sites (N-methyl/N-ethyl adjacent to an activating group) is 1. The van der Waals surface area contributed by atoms with Gasteiger partial charge in [0.25, 0.3) is 0 Å². The van der Waals surface area contributed by atoms with E-state index in [1.807, 2.05) is 6.92 Å². The van der Waals surface area contributed by atoms with E-state index in [1.54, 1.807) is 39.1 Å². The highest BCUT2D eigenvalue weighted by atomic mass is 16.3. The van der Waals surface area contributed by atoms with Crippen molar-refractivity contribution in [3.8, 4) is 5.75 Å². The zero-order chi connectivity index (χ0) is 12.3. The van der Waals surface area contributed by atoms with Gasteiger partial charge in [-0.05, 0) is 51.6 Å². The van der Waals surface area contributed by atoms with E-state index in [-0.39, 0.29) is 11.7 Å². The summed E-state index contributed by atoms with van der Waals surface area (Å²) in [5.41, 5.74) is 0.927. The summed E-state index contributed by atoms with van der Waals surface area (Å²) in [5.74, 6) is 0.0900. The molecule has 0 aliphatic rings. The normalized spacial score (nSPS) is 11.2. The van der Waals surface area contributed by atoms with Gasteiger partial charge in [-0.2, -0.15) is 0 Å². The summed E-state index contributed by atoms with van der Waals surface area (Å²) in [7, 11) is 1.74. The van der Waals surface area contributed by atoms with E-state index in [2.05, 4.69) is 10.6 Å². The second-order valence-corrected chi connectivity index (χ2v) is 4.33. The summed E-state index contributed by atoms with van der Waals surface area (Å²) >= 11 is 0. The lowest BCUT2D eigenvalue weighted by atomic mass is 10.0. The maximum Gasteiger partial charge on any atom is 0.244 e. The van der Waals surface area contributed by atoms with Crippen LogP contribution in [0.5, 0.6) is 5.75 Å². The standard InChI is InChI=1S/C12H18N2O2/c1-8-7-9(15)5-6-10(8)14-11(16)12(2,3)13-4/h5-7,13,15H,1-4H3,(H,14,16). The van der Waals surface area contributed by atoms with Crippen molar-refractivity contribution in [3.63, 3.8) is 0 Å². The molecule has 0 saturated carbocycles. The molecule has 0 bridgehead atoms. The molecule has 16 heavy (non-hydrogen) atoms. The van der Waals surface area contributed by atoms with Crippen LogP contribution in [0, 0.1) is 6.92 Å². The Kier molecular flexibility index (Phi) is 3.55. The predicted molar refractivity (Wildman–Crippen MR) is 64.6 cm³/mol. The second kappa shape index (κ2) is 4.53. The molecular formula is C12H18N2O2.